The van der Waals surface area contributed by atoms with Crippen LogP contribution in [0.1, 0.15) is 0 Å². The molecule has 1 aromatic rings. The second-order valence-electron chi connectivity index (χ2n) is 2.02. The predicted molar refractivity (Wildman–Crippen MR) is 61.1 cm³/mol. The van der Waals surface area contributed by atoms with Gasteiger partial charge in [0.05, 0.1) is 4.21 Å². The van der Waals surface area contributed by atoms with Crippen LogP contribution in [0.15, 0.2) is 10.3 Å². The molecule has 55 valence electrons. The van der Waals surface area contributed by atoms with Gasteiger partial charge in [0, 0.05) is 0 Å². The van der Waals surface area contributed by atoms with Gasteiger partial charge in [-0.2, -0.15) is 8.46 Å². The Morgan fingerprint density at radius 1 is 1.73 bits per heavy atom. The van der Waals surface area contributed by atoms with Gasteiger partial charge in [-0.25, -0.2) is 0 Å². The maximum atomic E-state index is 5.77. The average Bonchev–Trinajstić information content (AvgIpc) is 2.33. The second kappa shape index (κ2) is 4.59. The van der Waals surface area contributed by atoms with E-state index in [1.165, 1.54) is 8.99 Å². The van der Waals surface area contributed by atoms with Gasteiger partial charge in [-0.15, -0.1) is 23.1 Å². The summed E-state index contributed by atoms with van der Waals surface area (Å²) in [7, 11) is 6.62. The van der Waals surface area contributed by atoms with E-state index in [0.29, 0.717) is 0 Å². The maximum Gasteiger partial charge on any atom is 0.195 e. The molecule has 0 saturated heterocycles. The Bertz CT molecular complexity index is 236. The highest BCUT2D eigenvalue weighted by molar-refractivity contribution is 8.00. The van der Waals surface area contributed by atoms with Crippen molar-refractivity contribution in [2.75, 3.05) is 12.9 Å². The Balaban J connectivity index is 2.79. The molecule has 3 radical (unpaired) electrons. The quantitative estimate of drug-likeness (QED) is 0.392. The van der Waals surface area contributed by atoms with Crippen molar-refractivity contribution in [3.05, 3.63) is 6.07 Å². The van der Waals surface area contributed by atoms with Crippen LogP contribution in [0.4, 0.5) is 0 Å². The topological polar surface area (TPSA) is 0 Å². The van der Waals surface area contributed by atoms with E-state index in [9.17, 15) is 0 Å². The summed E-state index contributed by atoms with van der Waals surface area (Å²) in [6.07, 6.45) is 2.07. The molecule has 1 aromatic heterocycles. The molecular weight excluding hydrogens is 189 g/mol. The normalized spacial score (nSPS) is 11.1. The third-order valence-corrected chi connectivity index (χ3v) is 4.19. The molecule has 1 rings (SSSR count). The van der Waals surface area contributed by atoms with Crippen molar-refractivity contribution in [1.82, 2.24) is 0 Å². The average molecular weight is 197 g/mol. The maximum absolute atomic E-state index is 5.77. The van der Waals surface area contributed by atoms with Crippen LogP contribution in [-0.2, 0) is 0 Å². The third-order valence-electron chi connectivity index (χ3n) is 1.25. The minimum Gasteiger partial charge on any atom is -0.159 e. The highest BCUT2D eigenvalue weighted by atomic mass is 32.2. The Morgan fingerprint density at radius 2 is 2.45 bits per heavy atom. The Kier molecular flexibility index (Phi) is 4.05. The van der Waals surface area contributed by atoms with E-state index in [0.717, 1.165) is 13.9 Å². The number of hydrogen-bond acceptors (Lipinski definition) is 2. The summed E-state index contributed by atoms with van der Waals surface area (Å²) >= 11 is 3.52. The van der Waals surface area contributed by atoms with Crippen LogP contribution in [0.5, 0.6) is 0 Å². The summed E-state index contributed by atoms with van der Waals surface area (Å²) in [5.41, 5.74) is 0.925. The molecule has 0 nitrogen and oxygen atoms in total. The van der Waals surface area contributed by atoms with E-state index in [2.05, 4.69) is 19.9 Å². The summed E-state index contributed by atoms with van der Waals surface area (Å²) in [6.45, 7) is 4.34. The van der Waals surface area contributed by atoms with E-state index in [-0.39, 0.29) is 0 Å². The van der Waals surface area contributed by atoms with Crippen molar-refractivity contribution >= 4 is 56.6 Å². The lowest BCUT2D eigenvalue weighted by Gasteiger charge is -1.91. The molecule has 0 bridgehead atoms. The van der Waals surface area contributed by atoms with E-state index in [1.54, 1.807) is 23.1 Å². The van der Waals surface area contributed by atoms with Crippen molar-refractivity contribution in [3.8, 4) is 0 Å². The van der Waals surface area contributed by atoms with Crippen molar-refractivity contribution in [2.24, 2.45) is 0 Å². The van der Waals surface area contributed by atoms with E-state index in [4.69, 9.17) is 7.85 Å². The van der Waals surface area contributed by atoms with Crippen molar-refractivity contribution in [3.63, 3.8) is 0 Å². The smallest absolute Gasteiger partial charge is 0.159 e. The van der Waals surface area contributed by atoms with Crippen LogP contribution in [0.2, 0.25) is 0 Å². The summed E-state index contributed by atoms with van der Waals surface area (Å²) in [5.74, 6) is 0. The molecule has 0 fully saturated rings. The predicted octanol–water partition coefficient (Wildman–Crippen LogP) is 0.817. The van der Waals surface area contributed by atoms with Crippen LogP contribution in [0.3, 0.4) is 0 Å². The summed E-state index contributed by atoms with van der Waals surface area (Å²) in [5, 5.41) is 0. The lowest BCUT2D eigenvalue weighted by atomic mass is 9.88. The highest BCUT2D eigenvalue weighted by Crippen LogP contribution is 2.18. The lowest BCUT2D eigenvalue weighted by Crippen LogP contribution is -2.23. The van der Waals surface area contributed by atoms with E-state index >= 15 is 0 Å². The number of thiophene rings is 1. The van der Waals surface area contributed by atoms with Gasteiger partial charge in [0.1, 0.15) is 7.85 Å². The molecule has 0 aromatic carbocycles. The largest absolute Gasteiger partial charge is 0.195 e. The molecule has 1 heterocycles. The fourth-order valence-electron chi connectivity index (χ4n) is 0.739. The summed E-state index contributed by atoms with van der Waals surface area (Å²) < 4.78 is 2.53. The fraction of sp³-hybridized carbons (Fsp3) is 0.333. The molecule has 0 spiro atoms. The Labute approximate surface area is 79.9 Å². The number of rotatable bonds is 3. The van der Waals surface area contributed by atoms with Gasteiger partial charge < -0.3 is 0 Å². The number of thioether (sulfide) groups is 1. The molecule has 0 aliphatic carbocycles. The fourth-order valence-corrected chi connectivity index (χ4v) is 3.18. The van der Waals surface area contributed by atoms with Gasteiger partial charge in [-0.05, 0) is 17.1 Å². The zero-order valence-corrected chi connectivity index (χ0v) is 9.18. The molecule has 1 unspecified atom stereocenters. The van der Waals surface area contributed by atoms with Gasteiger partial charge in [-0.1, -0.05) is 12.1 Å². The SMILES string of the molecule is [B]c1cc(SC)sc1[B]PC. The Morgan fingerprint density at radius 3 is 2.91 bits per heavy atom. The van der Waals surface area contributed by atoms with Crippen LogP contribution >= 0.6 is 31.6 Å². The molecular formula is C6H8B2PS2. The van der Waals surface area contributed by atoms with Gasteiger partial charge in [0.25, 0.3) is 0 Å². The van der Waals surface area contributed by atoms with Crippen molar-refractivity contribution < 1.29 is 0 Å². The van der Waals surface area contributed by atoms with Crippen molar-refractivity contribution in [1.29, 1.82) is 0 Å². The first kappa shape index (κ1) is 9.70. The molecule has 0 N–H and O–H groups in total. The minimum atomic E-state index is 0.843. The molecule has 11 heavy (non-hydrogen) atoms. The third kappa shape index (κ3) is 2.54. The van der Waals surface area contributed by atoms with Gasteiger partial charge in [-0.3, -0.25) is 0 Å². The van der Waals surface area contributed by atoms with Gasteiger partial charge in [0.15, 0.2) is 7.00 Å². The Hall–Kier alpha value is 0.610. The molecule has 0 aliphatic heterocycles. The zero-order chi connectivity index (χ0) is 8.27. The van der Waals surface area contributed by atoms with Gasteiger partial charge in [0.2, 0.25) is 0 Å². The van der Waals surface area contributed by atoms with E-state index < -0.39 is 0 Å². The number of hydrogen-bond donors (Lipinski definition) is 0. The van der Waals surface area contributed by atoms with E-state index in [1.807, 2.05) is 6.07 Å². The first-order valence-electron chi connectivity index (χ1n) is 3.21. The van der Waals surface area contributed by atoms with Crippen molar-refractivity contribution in [2.45, 2.75) is 4.21 Å². The van der Waals surface area contributed by atoms with Crippen LogP contribution in [-0.4, -0.2) is 27.8 Å². The van der Waals surface area contributed by atoms with Crippen LogP contribution < -0.4 is 10.2 Å². The first-order chi connectivity index (χ1) is 5.27. The highest BCUT2D eigenvalue weighted by Gasteiger charge is 2.03. The zero-order valence-electron chi connectivity index (χ0n) is 6.55. The molecule has 0 saturated carbocycles. The molecule has 0 aliphatic rings. The first-order valence-corrected chi connectivity index (χ1v) is 6.83. The standard InChI is InChI=1S/C6H8B2PS2/c1-9-8-6-4(7)3-5(10-2)11-6/h3,9H,1-2H3. The lowest BCUT2D eigenvalue weighted by molar-refractivity contribution is 1.78. The van der Waals surface area contributed by atoms with Gasteiger partial charge >= 0.3 is 0 Å². The van der Waals surface area contributed by atoms with Crippen LogP contribution in [0.25, 0.3) is 0 Å². The second-order valence-corrected chi connectivity index (χ2v) is 5.08. The van der Waals surface area contributed by atoms with Crippen LogP contribution in [0, 0.1) is 0 Å². The summed E-state index contributed by atoms with van der Waals surface area (Å²) in [6, 6.07) is 2.04. The minimum absolute atomic E-state index is 0.843. The molecule has 1 atom stereocenters. The molecule has 0 amide bonds. The summed E-state index contributed by atoms with van der Waals surface area (Å²) in [4.78, 5) is 0. The monoisotopic (exact) mass is 197 g/mol. The molecule has 5 heteroatoms.